The van der Waals surface area contributed by atoms with E-state index in [-0.39, 0.29) is 6.10 Å². The van der Waals surface area contributed by atoms with Gasteiger partial charge in [0.25, 0.3) is 0 Å². The fourth-order valence-corrected chi connectivity index (χ4v) is 2.66. The summed E-state index contributed by atoms with van der Waals surface area (Å²) in [5.74, 6) is 1.04. The Bertz CT molecular complexity index is 428. The Hall–Kier alpha value is -0.480. The summed E-state index contributed by atoms with van der Waals surface area (Å²) in [6.45, 7) is 5.17. The molecule has 2 unspecified atom stereocenters. The van der Waals surface area contributed by atoms with Crippen LogP contribution in [-0.2, 0) is 0 Å². The number of aliphatic hydroxyl groups is 1. The van der Waals surface area contributed by atoms with Crippen molar-refractivity contribution in [2.24, 2.45) is 5.92 Å². The van der Waals surface area contributed by atoms with Crippen LogP contribution < -0.4 is 4.74 Å². The number of likely N-dealkylation sites (tertiary alicyclic amines) is 1. The highest BCUT2D eigenvalue weighted by Gasteiger charge is 2.23. The van der Waals surface area contributed by atoms with Crippen LogP contribution in [0.5, 0.6) is 5.75 Å². The molecule has 1 fully saturated rings. The standard InChI is InChI=1S/C14H19Cl2NO2/c1-10-4-5-17(9-13(10)18)6-7-19-14-3-2-11(15)8-12(14)16/h2-3,8,10,13,18H,4-7,9H2,1H3. The summed E-state index contributed by atoms with van der Waals surface area (Å²) >= 11 is 11.9. The van der Waals surface area contributed by atoms with Gasteiger partial charge in [-0.3, -0.25) is 4.90 Å². The lowest BCUT2D eigenvalue weighted by Gasteiger charge is -2.34. The zero-order valence-corrected chi connectivity index (χ0v) is 12.5. The molecule has 0 aromatic heterocycles. The number of benzene rings is 1. The van der Waals surface area contributed by atoms with E-state index in [4.69, 9.17) is 27.9 Å². The first kappa shape index (κ1) is 14.9. The summed E-state index contributed by atoms with van der Waals surface area (Å²) in [6.07, 6.45) is 0.802. The largest absolute Gasteiger partial charge is 0.491 e. The number of β-amino-alcohol motifs (C(OH)–C–C–N with tert-alkyl or cyclic N) is 1. The van der Waals surface area contributed by atoms with Gasteiger partial charge in [-0.2, -0.15) is 0 Å². The Morgan fingerprint density at radius 2 is 2.21 bits per heavy atom. The number of hydrogen-bond acceptors (Lipinski definition) is 3. The molecule has 1 N–H and O–H groups in total. The van der Waals surface area contributed by atoms with E-state index in [1.54, 1.807) is 18.2 Å². The number of aliphatic hydroxyl groups excluding tert-OH is 1. The quantitative estimate of drug-likeness (QED) is 0.928. The lowest BCUT2D eigenvalue weighted by atomic mass is 9.96. The zero-order valence-electron chi connectivity index (χ0n) is 11.0. The van der Waals surface area contributed by atoms with Gasteiger partial charge in [0.05, 0.1) is 11.1 Å². The molecule has 0 bridgehead atoms. The Morgan fingerprint density at radius 1 is 1.42 bits per heavy atom. The van der Waals surface area contributed by atoms with Crippen molar-refractivity contribution >= 4 is 23.2 Å². The maximum Gasteiger partial charge on any atom is 0.138 e. The predicted molar refractivity (Wildman–Crippen MR) is 78.2 cm³/mol. The first-order valence-electron chi connectivity index (χ1n) is 6.54. The molecule has 0 spiro atoms. The van der Waals surface area contributed by atoms with Gasteiger partial charge in [-0.15, -0.1) is 0 Å². The molecular formula is C14H19Cl2NO2. The smallest absolute Gasteiger partial charge is 0.138 e. The van der Waals surface area contributed by atoms with Crippen LogP contribution in [0.2, 0.25) is 10.0 Å². The molecule has 106 valence electrons. The van der Waals surface area contributed by atoms with Crippen LogP contribution in [-0.4, -0.2) is 42.4 Å². The Kier molecular flexibility index (Phi) is 5.34. The van der Waals surface area contributed by atoms with Gasteiger partial charge in [0.1, 0.15) is 12.4 Å². The molecule has 0 aliphatic carbocycles. The minimum absolute atomic E-state index is 0.229. The lowest BCUT2D eigenvalue weighted by molar-refractivity contribution is 0.0244. The Labute approximate surface area is 124 Å². The summed E-state index contributed by atoms with van der Waals surface area (Å²) in [5.41, 5.74) is 0. The second kappa shape index (κ2) is 6.80. The van der Waals surface area contributed by atoms with E-state index in [1.807, 2.05) is 0 Å². The van der Waals surface area contributed by atoms with Gasteiger partial charge in [0, 0.05) is 18.1 Å². The predicted octanol–water partition coefficient (Wildman–Crippen LogP) is 3.07. The molecule has 1 saturated heterocycles. The van der Waals surface area contributed by atoms with E-state index < -0.39 is 0 Å². The number of piperidine rings is 1. The fraction of sp³-hybridized carbons (Fsp3) is 0.571. The van der Waals surface area contributed by atoms with Crippen LogP contribution in [0, 0.1) is 5.92 Å². The van der Waals surface area contributed by atoms with E-state index in [0.717, 1.165) is 26.1 Å². The number of halogens is 2. The van der Waals surface area contributed by atoms with Gasteiger partial charge in [-0.1, -0.05) is 30.1 Å². The normalized spacial score (nSPS) is 24.4. The van der Waals surface area contributed by atoms with E-state index in [9.17, 15) is 5.11 Å². The molecule has 0 radical (unpaired) electrons. The summed E-state index contributed by atoms with van der Waals surface area (Å²) < 4.78 is 5.64. The summed E-state index contributed by atoms with van der Waals surface area (Å²) in [5, 5.41) is 11.0. The highest BCUT2D eigenvalue weighted by molar-refractivity contribution is 6.35. The summed E-state index contributed by atoms with van der Waals surface area (Å²) in [7, 11) is 0. The number of rotatable bonds is 4. The van der Waals surface area contributed by atoms with Crippen molar-refractivity contribution < 1.29 is 9.84 Å². The second-order valence-electron chi connectivity index (χ2n) is 5.06. The highest BCUT2D eigenvalue weighted by atomic mass is 35.5. The minimum Gasteiger partial charge on any atom is -0.491 e. The third-order valence-corrected chi connectivity index (χ3v) is 4.09. The molecule has 1 aliphatic rings. The topological polar surface area (TPSA) is 32.7 Å². The van der Waals surface area contributed by atoms with Gasteiger partial charge in [0.15, 0.2) is 0 Å². The Balaban J connectivity index is 1.77. The SMILES string of the molecule is CC1CCN(CCOc2ccc(Cl)cc2Cl)CC1O. The average molecular weight is 304 g/mol. The average Bonchev–Trinajstić information content (AvgIpc) is 2.36. The number of nitrogens with zero attached hydrogens (tertiary/aromatic N) is 1. The first-order valence-corrected chi connectivity index (χ1v) is 7.30. The molecule has 3 nitrogen and oxygen atoms in total. The Morgan fingerprint density at radius 3 is 2.89 bits per heavy atom. The molecule has 2 rings (SSSR count). The number of ether oxygens (including phenoxy) is 1. The molecule has 1 aliphatic heterocycles. The molecule has 1 heterocycles. The molecule has 0 saturated carbocycles. The van der Waals surface area contributed by atoms with Crippen LogP contribution in [0.15, 0.2) is 18.2 Å². The lowest BCUT2D eigenvalue weighted by Crippen LogP contribution is -2.44. The molecule has 1 aromatic rings. The van der Waals surface area contributed by atoms with E-state index in [1.165, 1.54) is 0 Å². The molecular weight excluding hydrogens is 285 g/mol. The molecule has 5 heteroatoms. The third-order valence-electron chi connectivity index (χ3n) is 3.56. The molecule has 1 aromatic carbocycles. The van der Waals surface area contributed by atoms with Crippen molar-refractivity contribution in [2.75, 3.05) is 26.2 Å². The monoisotopic (exact) mass is 303 g/mol. The van der Waals surface area contributed by atoms with E-state index >= 15 is 0 Å². The summed E-state index contributed by atoms with van der Waals surface area (Å²) in [4.78, 5) is 2.22. The maximum atomic E-state index is 9.82. The maximum absolute atomic E-state index is 9.82. The molecule has 19 heavy (non-hydrogen) atoms. The van der Waals surface area contributed by atoms with Crippen LogP contribution in [0.1, 0.15) is 13.3 Å². The van der Waals surface area contributed by atoms with Crippen LogP contribution in [0.25, 0.3) is 0 Å². The van der Waals surface area contributed by atoms with Crippen molar-refractivity contribution in [3.05, 3.63) is 28.2 Å². The van der Waals surface area contributed by atoms with Crippen molar-refractivity contribution in [1.29, 1.82) is 0 Å². The van der Waals surface area contributed by atoms with Gasteiger partial charge in [-0.25, -0.2) is 0 Å². The number of hydrogen-bond donors (Lipinski definition) is 1. The van der Waals surface area contributed by atoms with Crippen molar-refractivity contribution in [1.82, 2.24) is 4.90 Å². The van der Waals surface area contributed by atoms with Crippen molar-refractivity contribution in [3.8, 4) is 5.75 Å². The van der Waals surface area contributed by atoms with Crippen molar-refractivity contribution in [3.63, 3.8) is 0 Å². The van der Waals surface area contributed by atoms with Gasteiger partial charge in [0.2, 0.25) is 0 Å². The van der Waals surface area contributed by atoms with Gasteiger partial charge >= 0.3 is 0 Å². The fourth-order valence-electron chi connectivity index (χ4n) is 2.19. The highest BCUT2D eigenvalue weighted by Crippen LogP contribution is 2.27. The molecule has 0 amide bonds. The van der Waals surface area contributed by atoms with Crippen LogP contribution >= 0.6 is 23.2 Å². The van der Waals surface area contributed by atoms with Crippen LogP contribution in [0.3, 0.4) is 0 Å². The zero-order chi connectivity index (χ0) is 13.8. The van der Waals surface area contributed by atoms with E-state index in [2.05, 4.69) is 11.8 Å². The minimum atomic E-state index is -0.229. The third kappa shape index (κ3) is 4.25. The molecule has 2 atom stereocenters. The summed E-state index contributed by atoms with van der Waals surface area (Å²) in [6, 6.07) is 5.21. The first-order chi connectivity index (χ1) is 9.06. The van der Waals surface area contributed by atoms with E-state index in [0.29, 0.717) is 28.3 Å². The van der Waals surface area contributed by atoms with Crippen molar-refractivity contribution in [2.45, 2.75) is 19.4 Å². The second-order valence-corrected chi connectivity index (χ2v) is 5.90. The van der Waals surface area contributed by atoms with Gasteiger partial charge in [-0.05, 0) is 37.1 Å². The van der Waals surface area contributed by atoms with Crippen LogP contribution in [0.4, 0.5) is 0 Å². The van der Waals surface area contributed by atoms with Gasteiger partial charge < -0.3 is 9.84 Å².